The lowest BCUT2D eigenvalue weighted by Crippen LogP contribution is -2.43. The molecule has 2 saturated carbocycles. The number of sulfonamides is 1. The van der Waals surface area contributed by atoms with E-state index in [9.17, 15) is 18.0 Å². The maximum Gasteiger partial charge on any atom is 0.243 e. The average Bonchev–Trinajstić information content (AvgIpc) is 3.64. The standard InChI is InChI=1S/C22H29N3O4S/c1-14-12-17-13-19(6-7-20(17)25(14)22(27)16-2-3-16)30(28,29)24-10-8-15(9-11-24)21(26)23-18-4-5-18/h6-7,13-16,18H,2-5,8-12H2,1H3,(H,23,26)/t14-/m0/s1. The fourth-order valence-electron chi connectivity index (χ4n) is 4.68. The molecular formula is C22H29N3O4S. The average molecular weight is 432 g/mol. The van der Waals surface area contributed by atoms with Gasteiger partial charge in [-0.15, -0.1) is 0 Å². The fourth-order valence-corrected chi connectivity index (χ4v) is 6.21. The highest BCUT2D eigenvalue weighted by Gasteiger charge is 2.40. The molecule has 0 spiro atoms. The van der Waals surface area contributed by atoms with Crippen molar-refractivity contribution in [2.24, 2.45) is 11.8 Å². The molecule has 30 heavy (non-hydrogen) atoms. The van der Waals surface area contributed by atoms with Crippen molar-refractivity contribution in [3.05, 3.63) is 23.8 Å². The third-order valence-corrected chi connectivity index (χ3v) is 8.71. The number of nitrogens with zero attached hydrogens (tertiary/aromatic N) is 2. The zero-order valence-electron chi connectivity index (χ0n) is 17.3. The van der Waals surface area contributed by atoms with Crippen LogP contribution in [0.4, 0.5) is 5.69 Å². The second-order valence-corrected chi connectivity index (χ2v) is 11.2. The van der Waals surface area contributed by atoms with Gasteiger partial charge in [0.15, 0.2) is 0 Å². The van der Waals surface area contributed by atoms with Crippen LogP contribution in [0, 0.1) is 11.8 Å². The Kier molecular flexibility index (Phi) is 4.89. The van der Waals surface area contributed by atoms with Crippen LogP contribution in [0.2, 0.25) is 0 Å². The second kappa shape index (κ2) is 7.34. The van der Waals surface area contributed by atoms with Crippen LogP contribution < -0.4 is 10.2 Å². The van der Waals surface area contributed by atoms with Gasteiger partial charge in [-0.2, -0.15) is 4.31 Å². The predicted molar refractivity (Wildman–Crippen MR) is 112 cm³/mol. The summed E-state index contributed by atoms with van der Waals surface area (Å²) in [5, 5.41) is 3.03. The summed E-state index contributed by atoms with van der Waals surface area (Å²) in [5.74, 6) is 0.282. The summed E-state index contributed by atoms with van der Waals surface area (Å²) < 4.78 is 27.9. The van der Waals surface area contributed by atoms with E-state index < -0.39 is 10.0 Å². The monoisotopic (exact) mass is 431 g/mol. The second-order valence-electron chi connectivity index (χ2n) is 9.29. The Labute approximate surface area is 177 Å². The van der Waals surface area contributed by atoms with Crippen LogP contribution in [-0.2, 0) is 26.0 Å². The van der Waals surface area contributed by atoms with Crippen molar-refractivity contribution >= 4 is 27.5 Å². The first-order valence-electron chi connectivity index (χ1n) is 11.1. The SMILES string of the molecule is C[C@H]1Cc2cc(S(=O)(=O)N3CCC(C(=O)NC4CC4)CC3)ccc2N1C(=O)C1CC1. The maximum atomic E-state index is 13.2. The van der Waals surface area contributed by atoms with Gasteiger partial charge in [0.25, 0.3) is 0 Å². The molecule has 2 heterocycles. The Bertz CT molecular complexity index is 976. The number of hydrogen-bond acceptors (Lipinski definition) is 4. The van der Waals surface area contributed by atoms with Crippen LogP contribution in [0.1, 0.15) is 51.0 Å². The van der Waals surface area contributed by atoms with Gasteiger partial charge in [0.1, 0.15) is 0 Å². The molecule has 2 aliphatic carbocycles. The summed E-state index contributed by atoms with van der Waals surface area (Å²) in [4.78, 5) is 27.0. The number of carbonyl (C=O) groups excluding carboxylic acids is 2. The van der Waals surface area contributed by atoms with Crippen molar-refractivity contribution in [2.75, 3.05) is 18.0 Å². The largest absolute Gasteiger partial charge is 0.353 e. The molecule has 0 radical (unpaired) electrons. The highest BCUT2D eigenvalue weighted by molar-refractivity contribution is 7.89. The Morgan fingerprint density at radius 2 is 1.70 bits per heavy atom. The molecule has 2 amide bonds. The summed E-state index contributed by atoms with van der Waals surface area (Å²) >= 11 is 0. The zero-order chi connectivity index (χ0) is 21.0. The first-order valence-corrected chi connectivity index (χ1v) is 12.5. The lowest BCUT2D eigenvalue weighted by atomic mass is 9.97. The maximum absolute atomic E-state index is 13.2. The number of rotatable bonds is 5. The molecule has 162 valence electrons. The number of fused-ring (bicyclic) bond motifs is 1. The lowest BCUT2D eigenvalue weighted by molar-refractivity contribution is -0.126. The van der Waals surface area contributed by atoms with Crippen LogP contribution in [0.15, 0.2) is 23.1 Å². The molecule has 7 nitrogen and oxygen atoms in total. The molecule has 1 aromatic carbocycles. The van der Waals surface area contributed by atoms with Crippen molar-refractivity contribution in [1.82, 2.24) is 9.62 Å². The predicted octanol–water partition coefficient (Wildman–Crippen LogP) is 2.05. The molecule has 5 rings (SSSR count). The molecule has 1 N–H and O–H groups in total. The first kappa shape index (κ1) is 20.0. The van der Waals surface area contributed by atoms with Gasteiger partial charge in [-0.1, -0.05) is 0 Å². The van der Waals surface area contributed by atoms with Gasteiger partial charge in [0.05, 0.1) is 4.90 Å². The van der Waals surface area contributed by atoms with Gasteiger partial charge in [-0.25, -0.2) is 8.42 Å². The highest BCUT2D eigenvalue weighted by Crippen LogP contribution is 2.40. The van der Waals surface area contributed by atoms with Gasteiger partial charge in [0, 0.05) is 42.7 Å². The minimum absolute atomic E-state index is 0.0618. The summed E-state index contributed by atoms with van der Waals surface area (Å²) in [5.41, 5.74) is 1.78. The van der Waals surface area contributed by atoms with E-state index in [0.717, 1.165) is 36.9 Å². The summed E-state index contributed by atoms with van der Waals surface area (Å²) in [6, 6.07) is 5.56. The third-order valence-electron chi connectivity index (χ3n) is 6.82. The van der Waals surface area contributed by atoms with Crippen molar-refractivity contribution in [1.29, 1.82) is 0 Å². The van der Waals surface area contributed by atoms with Crippen molar-refractivity contribution in [2.45, 2.75) is 68.8 Å². The summed E-state index contributed by atoms with van der Waals surface area (Å²) in [6.07, 6.45) is 5.82. The molecule has 1 saturated heterocycles. The molecule has 1 aromatic rings. The van der Waals surface area contributed by atoms with Crippen LogP contribution >= 0.6 is 0 Å². The number of piperidine rings is 1. The van der Waals surface area contributed by atoms with E-state index in [4.69, 9.17) is 0 Å². The fraction of sp³-hybridized carbons (Fsp3) is 0.636. The van der Waals surface area contributed by atoms with E-state index >= 15 is 0 Å². The van der Waals surface area contributed by atoms with Crippen LogP contribution in [0.25, 0.3) is 0 Å². The first-order chi connectivity index (χ1) is 14.3. The topological polar surface area (TPSA) is 86.8 Å². The molecule has 1 atom stereocenters. The van der Waals surface area contributed by atoms with E-state index in [0.29, 0.717) is 38.4 Å². The van der Waals surface area contributed by atoms with Crippen molar-refractivity contribution in [3.8, 4) is 0 Å². The lowest BCUT2D eigenvalue weighted by Gasteiger charge is -2.30. The van der Waals surface area contributed by atoms with Gasteiger partial charge in [-0.05, 0) is 75.6 Å². The molecule has 2 aliphatic heterocycles. The molecule has 0 unspecified atom stereocenters. The quantitative estimate of drug-likeness (QED) is 0.773. The smallest absolute Gasteiger partial charge is 0.243 e. The molecule has 8 heteroatoms. The third kappa shape index (κ3) is 3.64. The van der Waals surface area contributed by atoms with Gasteiger partial charge in [-0.3, -0.25) is 9.59 Å². The molecule has 0 aromatic heterocycles. The Balaban J connectivity index is 1.29. The van der Waals surface area contributed by atoms with Gasteiger partial charge >= 0.3 is 0 Å². The van der Waals surface area contributed by atoms with Crippen LogP contribution in [-0.4, -0.2) is 49.7 Å². The Hall–Kier alpha value is -1.93. The normalized spacial score (nSPS) is 25.2. The zero-order valence-corrected chi connectivity index (χ0v) is 18.2. The van der Waals surface area contributed by atoms with Crippen LogP contribution in [0.3, 0.4) is 0 Å². The molecule has 3 fully saturated rings. The van der Waals surface area contributed by atoms with E-state index in [1.54, 1.807) is 18.2 Å². The van der Waals surface area contributed by atoms with Crippen LogP contribution in [0.5, 0.6) is 0 Å². The van der Waals surface area contributed by atoms with E-state index in [-0.39, 0.29) is 34.6 Å². The van der Waals surface area contributed by atoms with Gasteiger partial charge in [0.2, 0.25) is 21.8 Å². The minimum Gasteiger partial charge on any atom is -0.353 e. The van der Waals surface area contributed by atoms with E-state index in [1.165, 1.54) is 4.31 Å². The molecular weight excluding hydrogens is 402 g/mol. The summed E-state index contributed by atoms with van der Waals surface area (Å²) in [6.45, 7) is 2.75. The molecule has 0 bridgehead atoms. The molecule has 4 aliphatic rings. The van der Waals surface area contributed by atoms with E-state index in [1.807, 2.05) is 11.8 Å². The number of amides is 2. The number of anilines is 1. The van der Waals surface area contributed by atoms with Crippen molar-refractivity contribution in [3.63, 3.8) is 0 Å². The number of carbonyl (C=O) groups is 2. The number of benzene rings is 1. The van der Waals surface area contributed by atoms with Crippen molar-refractivity contribution < 1.29 is 18.0 Å². The number of nitrogens with one attached hydrogen (secondary N) is 1. The Morgan fingerprint density at radius 1 is 1.00 bits per heavy atom. The summed E-state index contributed by atoms with van der Waals surface area (Å²) in [7, 11) is -3.60. The minimum atomic E-state index is -3.60. The van der Waals surface area contributed by atoms with Gasteiger partial charge < -0.3 is 10.2 Å². The Morgan fingerprint density at radius 3 is 2.33 bits per heavy atom. The number of hydrogen-bond donors (Lipinski definition) is 1. The highest BCUT2D eigenvalue weighted by atomic mass is 32.2. The van der Waals surface area contributed by atoms with E-state index in [2.05, 4.69) is 5.32 Å².